The van der Waals surface area contributed by atoms with Gasteiger partial charge in [0, 0.05) is 12.2 Å². The third kappa shape index (κ3) is 5.19. The summed E-state index contributed by atoms with van der Waals surface area (Å²) in [5.74, 6) is -2.26. The zero-order chi connectivity index (χ0) is 14.3. The van der Waals surface area contributed by atoms with Crippen LogP contribution in [0.25, 0.3) is 0 Å². The largest absolute Gasteiger partial charge is 0.466 e. The van der Waals surface area contributed by atoms with Crippen molar-refractivity contribution < 1.29 is 33.4 Å². The number of carbonyl (C=O) groups is 4. The minimum atomic E-state index is -0.738. The molecule has 1 rings (SSSR count). The Balaban J connectivity index is 2.27. The van der Waals surface area contributed by atoms with Crippen LogP contribution in [0.15, 0.2) is 12.2 Å². The van der Waals surface area contributed by atoms with Crippen LogP contribution in [0.2, 0.25) is 0 Å². The molecule has 0 bridgehead atoms. The molecule has 1 heterocycles. The average molecular weight is 271 g/mol. The van der Waals surface area contributed by atoms with Gasteiger partial charge in [0.15, 0.2) is 6.61 Å². The lowest BCUT2D eigenvalue weighted by Crippen LogP contribution is -2.45. The molecule has 0 spiro atoms. The lowest BCUT2D eigenvalue weighted by molar-refractivity contribution is -0.163. The fraction of sp³-hybridized carbons (Fsp3) is 0.455. The Kier molecular flexibility index (Phi) is 5.52. The van der Waals surface area contributed by atoms with Gasteiger partial charge >= 0.3 is 17.9 Å². The van der Waals surface area contributed by atoms with Gasteiger partial charge in [-0.25, -0.2) is 9.59 Å². The van der Waals surface area contributed by atoms with Crippen LogP contribution >= 0.6 is 0 Å². The predicted octanol–water partition coefficient (Wildman–Crippen LogP) is -1.36. The Labute approximate surface area is 108 Å². The molecule has 1 amide bonds. The van der Waals surface area contributed by atoms with E-state index in [-0.39, 0.29) is 32.2 Å². The van der Waals surface area contributed by atoms with Crippen molar-refractivity contribution in [2.45, 2.75) is 0 Å². The average Bonchev–Trinajstić information content (AvgIpc) is 2.40. The summed E-state index contributed by atoms with van der Waals surface area (Å²) >= 11 is 0. The summed E-state index contributed by atoms with van der Waals surface area (Å²) in [6.45, 7) is -0.446. The van der Waals surface area contributed by atoms with Crippen molar-refractivity contribution in [2.75, 3.05) is 33.4 Å². The van der Waals surface area contributed by atoms with Crippen LogP contribution < -0.4 is 0 Å². The molecule has 8 nitrogen and oxygen atoms in total. The monoisotopic (exact) mass is 271 g/mol. The van der Waals surface area contributed by atoms with Gasteiger partial charge in [0.25, 0.3) is 5.91 Å². The SMILES string of the molecule is COC(=O)C=CC(=O)OCCN1CC(=O)OCC1=O. The lowest BCUT2D eigenvalue weighted by Gasteiger charge is -2.25. The van der Waals surface area contributed by atoms with E-state index in [4.69, 9.17) is 4.74 Å². The van der Waals surface area contributed by atoms with Crippen molar-refractivity contribution in [2.24, 2.45) is 0 Å². The van der Waals surface area contributed by atoms with Gasteiger partial charge in [-0.3, -0.25) is 9.59 Å². The summed E-state index contributed by atoms with van der Waals surface area (Å²) in [6, 6.07) is 0. The summed E-state index contributed by atoms with van der Waals surface area (Å²) in [7, 11) is 1.18. The van der Waals surface area contributed by atoms with Crippen molar-refractivity contribution in [1.29, 1.82) is 0 Å². The minimum Gasteiger partial charge on any atom is -0.466 e. The number of morpholine rings is 1. The van der Waals surface area contributed by atoms with Crippen LogP contribution in [-0.4, -0.2) is 62.1 Å². The summed E-state index contributed by atoms with van der Waals surface area (Å²) in [5, 5.41) is 0. The van der Waals surface area contributed by atoms with E-state index in [0.29, 0.717) is 0 Å². The zero-order valence-corrected chi connectivity index (χ0v) is 10.3. The molecule has 0 aromatic rings. The molecule has 0 aromatic heterocycles. The van der Waals surface area contributed by atoms with Gasteiger partial charge in [-0.2, -0.15) is 0 Å². The van der Waals surface area contributed by atoms with Gasteiger partial charge < -0.3 is 19.1 Å². The number of carbonyl (C=O) groups excluding carboxylic acids is 4. The van der Waals surface area contributed by atoms with E-state index in [2.05, 4.69) is 9.47 Å². The van der Waals surface area contributed by atoms with E-state index < -0.39 is 17.9 Å². The molecule has 0 radical (unpaired) electrons. The number of methoxy groups -OCH3 is 1. The van der Waals surface area contributed by atoms with Crippen LogP contribution in [0.4, 0.5) is 0 Å². The standard InChI is InChI=1S/C11H13NO7/c1-17-9(14)2-3-10(15)18-5-4-12-6-11(16)19-7-8(12)13/h2-3H,4-7H2,1H3. The van der Waals surface area contributed by atoms with Gasteiger partial charge in [-0.1, -0.05) is 0 Å². The lowest BCUT2D eigenvalue weighted by atomic mass is 10.4. The molecule has 0 atom stereocenters. The van der Waals surface area contributed by atoms with E-state index in [1.807, 2.05) is 0 Å². The Morgan fingerprint density at radius 2 is 2.00 bits per heavy atom. The maximum Gasteiger partial charge on any atom is 0.331 e. The number of cyclic esters (lactones) is 1. The van der Waals surface area contributed by atoms with E-state index in [1.165, 1.54) is 12.0 Å². The number of nitrogens with zero attached hydrogens (tertiary/aromatic N) is 1. The molecule has 0 unspecified atom stereocenters. The van der Waals surface area contributed by atoms with Crippen LogP contribution in [-0.2, 0) is 33.4 Å². The Morgan fingerprint density at radius 1 is 1.32 bits per heavy atom. The zero-order valence-electron chi connectivity index (χ0n) is 10.3. The first kappa shape index (κ1) is 14.7. The number of hydrogen-bond donors (Lipinski definition) is 0. The molecular weight excluding hydrogens is 258 g/mol. The normalized spacial score (nSPS) is 15.3. The minimum absolute atomic E-state index is 0.0800. The summed E-state index contributed by atoms with van der Waals surface area (Å²) in [5.41, 5.74) is 0. The quantitative estimate of drug-likeness (QED) is 0.346. The summed E-state index contributed by atoms with van der Waals surface area (Å²) in [6.07, 6.45) is 1.84. The second-order valence-corrected chi connectivity index (χ2v) is 3.50. The van der Waals surface area contributed by atoms with Gasteiger partial charge in [0.1, 0.15) is 13.2 Å². The second kappa shape index (κ2) is 7.14. The molecule has 19 heavy (non-hydrogen) atoms. The first-order valence-electron chi connectivity index (χ1n) is 5.39. The molecule has 104 valence electrons. The number of esters is 3. The van der Waals surface area contributed by atoms with E-state index in [1.54, 1.807) is 0 Å². The van der Waals surface area contributed by atoms with Crippen molar-refractivity contribution in [3.05, 3.63) is 12.2 Å². The van der Waals surface area contributed by atoms with Crippen LogP contribution in [0.5, 0.6) is 0 Å². The van der Waals surface area contributed by atoms with Crippen LogP contribution in [0.3, 0.4) is 0 Å². The van der Waals surface area contributed by atoms with Gasteiger partial charge in [-0.05, 0) is 0 Å². The Bertz CT molecular complexity index is 415. The van der Waals surface area contributed by atoms with E-state index in [0.717, 1.165) is 12.2 Å². The van der Waals surface area contributed by atoms with Crippen LogP contribution in [0, 0.1) is 0 Å². The Morgan fingerprint density at radius 3 is 2.68 bits per heavy atom. The highest BCUT2D eigenvalue weighted by atomic mass is 16.5. The number of hydrogen-bond acceptors (Lipinski definition) is 7. The molecule has 1 saturated heterocycles. The van der Waals surface area contributed by atoms with Crippen molar-refractivity contribution in [1.82, 2.24) is 4.90 Å². The first-order valence-corrected chi connectivity index (χ1v) is 5.39. The maximum atomic E-state index is 11.3. The van der Waals surface area contributed by atoms with Crippen LogP contribution in [0.1, 0.15) is 0 Å². The molecule has 1 fully saturated rings. The highest BCUT2D eigenvalue weighted by Crippen LogP contribution is 2.00. The molecule has 0 aliphatic carbocycles. The topological polar surface area (TPSA) is 99.2 Å². The molecular formula is C11H13NO7. The third-order valence-corrected chi connectivity index (χ3v) is 2.19. The number of rotatable bonds is 5. The summed E-state index contributed by atoms with van der Waals surface area (Å²) < 4.78 is 13.6. The van der Waals surface area contributed by atoms with Gasteiger partial charge in [0.05, 0.1) is 13.7 Å². The number of ether oxygens (including phenoxy) is 3. The van der Waals surface area contributed by atoms with Crippen molar-refractivity contribution in [3.63, 3.8) is 0 Å². The van der Waals surface area contributed by atoms with E-state index in [9.17, 15) is 19.2 Å². The maximum absolute atomic E-state index is 11.3. The van der Waals surface area contributed by atoms with Gasteiger partial charge in [0.2, 0.25) is 0 Å². The van der Waals surface area contributed by atoms with E-state index >= 15 is 0 Å². The number of amides is 1. The molecule has 0 N–H and O–H groups in total. The Hall–Kier alpha value is -2.38. The fourth-order valence-corrected chi connectivity index (χ4v) is 1.24. The van der Waals surface area contributed by atoms with Crippen molar-refractivity contribution >= 4 is 23.8 Å². The highest BCUT2D eigenvalue weighted by molar-refractivity contribution is 5.91. The smallest absolute Gasteiger partial charge is 0.331 e. The fourth-order valence-electron chi connectivity index (χ4n) is 1.24. The predicted molar refractivity (Wildman–Crippen MR) is 59.7 cm³/mol. The summed E-state index contributed by atoms with van der Waals surface area (Å²) in [4.78, 5) is 45.3. The molecule has 1 aliphatic rings. The van der Waals surface area contributed by atoms with Crippen molar-refractivity contribution in [3.8, 4) is 0 Å². The first-order chi connectivity index (χ1) is 9.02. The second-order valence-electron chi connectivity index (χ2n) is 3.50. The molecule has 1 aliphatic heterocycles. The molecule has 0 aromatic carbocycles. The van der Waals surface area contributed by atoms with Gasteiger partial charge in [-0.15, -0.1) is 0 Å². The third-order valence-electron chi connectivity index (χ3n) is 2.19. The molecule has 0 saturated carbocycles. The highest BCUT2D eigenvalue weighted by Gasteiger charge is 2.24. The molecule has 8 heteroatoms.